The second-order valence-corrected chi connectivity index (χ2v) is 36.5. The van der Waals surface area contributed by atoms with Gasteiger partial charge in [0, 0.05) is 32.9 Å². The van der Waals surface area contributed by atoms with E-state index in [1.54, 1.807) is 0 Å². The molecule has 640 valence electrons. The molecule has 0 aliphatic rings. The summed E-state index contributed by atoms with van der Waals surface area (Å²) < 4.78 is 4.74. The number of rotatable bonds is 15. The normalized spacial score (nSPS) is 11.5. The summed E-state index contributed by atoms with van der Waals surface area (Å²) in [6, 6.07) is 184. The molecule has 0 radical (unpaired) electrons. The zero-order valence-corrected chi connectivity index (χ0v) is 76.2. The Hall–Kier alpha value is -17.3. The van der Waals surface area contributed by atoms with Gasteiger partial charge in [-0.1, -0.05) is 435 Å². The van der Waals surface area contributed by atoms with Crippen molar-refractivity contribution in [1.82, 2.24) is 9.13 Å². The molecule has 0 amide bonds. The van der Waals surface area contributed by atoms with Crippen molar-refractivity contribution in [2.45, 2.75) is 27.7 Å². The van der Waals surface area contributed by atoms with Crippen LogP contribution in [-0.4, -0.2) is 9.13 Å². The van der Waals surface area contributed by atoms with Gasteiger partial charge in [-0.3, -0.25) is 0 Å². The smallest absolute Gasteiger partial charge is 0.0541 e. The van der Waals surface area contributed by atoms with Crippen LogP contribution in [0.25, 0.3) is 243 Å². The first kappa shape index (κ1) is 81.9. The van der Waals surface area contributed by atoms with Crippen molar-refractivity contribution in [2.24, 2.45) is 0 Å². The largest absolute Gasteiger partial charge is 0.309 e. The molecule has 2 nitrogen and oxygen atoms in total. The minimum absolute atomic E-state index is 1.17. The lowest BCUT2D eigenvalue weighted by Crippen LogP contribution is -1.93. The highest BCUT2D eigenvalue weighted by atomic mass is 15.0. The van der Waals surface area contributed by atoms with Crippen LogP contribution in [-0.2, 0) is 0 Å². The van der Waals surface area contributed by atoms with Gasteiger partial charge < -0.3 is 9.13 Å². The van der Waals surface area contributed by atoms with E-state index in [2.05, 4.69) is 534 Å². The summed E-state index contributed by atoms with van der Waals surface area (Å²) in [6.07, 6.45) is 0. The number of aryl methyl sites for hydroxylation is 4. The summed E-state index contributed by atoms with van der Waals surface area (Å²) in [7, 11) is 0. The fourth-order valence-electron chi connectivity index (χ4n) is 20.9. The van der Waals surface area contributed by atoms with Gasteiger partial charge in [0.15, 0.2) is 0 Å². The van der Waals surface area contributed by atoms with Gasteiger partial charge in [0.25, 0.3) is 0 Å². The number of benzene rings is 23. The van der Waals surface area contributed by atoms with Crippen molar-refractivity contribution in [3.05, 3.63) is 520 Å². The Kier molecular flexibility index (Phi) is 20.9. The average Bonchev–Trinajstić information content (AvgIpc) is 1.14. The monoisotopic (exact) mass is 1730 g/mol. The summed E-state index contributed by atoms with van der Waals surface area (Å²) in [5, 5.41) is 15.0. The highest BCUT2D eigenvalue weighted by Gasteiger charge is 2.24. The van der Waals surface area contributed by atoms with Gasteiger partial charge in [-0.25, -0.2) is 0 Å². The van der Waals surface area contributed by atoms with Crippen molar-refractivity contribution < 1.29 is 0 Å². The molecule has 0 saturated carbocycles. The molecule has 2 aromatic heterocycles. The second-order valence-electron chi connectivity index (χ2n) is 36.5. The number of hydrogen-bond acceptors (Lipinski definition) is 0. The van der Waals surface area contributed by atoms with E-state index in [4.69, 9.17) is 0 Å². The molecule has 0 aliphatic carbocycles. The molecular weight excluding hydrogens is 1640 g/mol. The van der Waals surface area contributed by atoms with Crippen LogP contribution < -0.4 is 0 Å². The maximum atomic E-state index is 2.42. The number of para-hydroxylation sites is 4. The predicted molar refractivity (Wildman–Crippen MR) is 581 cm³/mol. The summed E-state index contributed by atoms with van der Waals surface area (Å²) in [5.74, 6) is 0. The topological polar surface area (TPSA) is 9.86 Å². The first-order valence-electron chi connectivity index (χ1n) is 47.2. The molecule has 2 heterocycles. The molecule has 25 aromatic rings. The van der Waals surface area contributed by atoms with Crippen LogP contribution in [0.15, 0.2) is 497 Å². The van der Waals surface area contributed by atoms with Crippen molar-refractivity contribution in [1.29, 1.82) is 0 Å². The summed E-state index contributed by atoms with van der Waals surface area (Å²) >= 11 is 0. The first-order valence-corrected chi connectivity index (χ1v) is 47.2. The molecule has 136 heavy (non-hydrogen) atoms. The lowest BCUT2D eigenvalue weighted by Gasteiger charge is -2.20. The van der Waals surface area contributed by atoms with E-state index in [9.17, 15) is 0 Å². The summed E-state index contributed by atoms with van der Waals surface area (Å²) in [6.45, 7) is 8.60. The Morgan fingerprint density at radius 1 is 0.110 bits per heavy atom. The van der Waals surface area contributed by atoms with Crippen molar-refractivity contribution >= 4 is 86.7 Å². The fraction of sp³-hybridized carbons (Fsp3) is 0.0299. The number of fused-ring (bicyclic) bond motifs is 10. The van der Waals surface area contributed by atoms with Crippen LogP contribution in [0.1, 0.15) is 22.3 Å². The van der Waals surface area contributed by atoms with Gasteiger partial charge in [0.05, 0.1) is 22.1 Å². The van der Waals surface area contributed by atoms with Crippen LogP contribution in [0.5, 0.6) is 0 Å². The molecule has 0 spiro atoms. The van der Waals surface area contributed by atoms with E-state index >= 15 is 0 Å². The van der Waals surface area contributed by atoms with E-state index < -0.39 is 0 Å². The molecular formula is C134H94N2. The van der Waals surface area contributed by atoms with Gasteiger partial charge in [-0.05, 0) is 300 Å². The highest BCUT2D eigenvalue weighted by molar-refractivity contribution is 6.25. The van der Waals surface area contributed by atoms with Gasteiger partial charge >= 0.3 is 0 Å². The molecule has 0 N–H and O–H groups in total. The molecule has 2 heteroatoms. The average molecular weight is 1730 g/mol. The number of nitrogens with zero attached hydrogens (tertiary/aromatic N) is 2. The van der Waals surface area contributed by atoms with Crippen molar-refractivity contribution in [3.8, 4) is 156 Å². The van der Waals surface area contributed by atoms with Crippen LogP contribution in [0, 0.1) is 27.7 Å². The van der Waals surface area contributed by atoms with E-state index in [-0.39, 0.29) is 0 Å². The Morgan fingerprint density at radius 3 is 0.544 bits per heavy atom. The molecule has 0 atom stereocenters. The van der Waals surface area contributed by atoms with Gasteiger partial charge in [-0.15, -0.1) is 0 Å². The Morgan fingerprint density at radius 2 is 0.279 bits per heavy atom. The minimum atomic E-state index is 1.17. The van der Waals surface area contributed by atoms with Gasteiger partial charge in [0.1, 0.15) is 0 Å². The Labute approximate surface area is 793 Å². The first-order chi connectivity index (χ1) is 67.0. The quantitative estimate of drug-likeness (QED) is 0.0906. The molecule has 25 rings (SSSR count). The zero-order valence-electron chi connectivity index (χ0n) is 76.2. The standard InChI is InChI=1S/C70H49N.C64H45N/c1-46-17-21-52(22-18-46)57-38-41-63-65(44-57)69(55-33-29-49(30-34-55)48-11-5-3-6-12-48)62-40-37-58(53-23-19-47(2)20-24-53)45-66(62)70(63)56-35-31-51(32-36-56)50-25-27-54(28-26-50)59-39-42-68-64(43-59)61-15-9-10-16-67(61)71(68)60-13-7-4-8-14-60;1-42-17-21-46(22-18-42)51-34-37-57-59(40-51)63(49-11-5-3-6-12-49)56-36-33-52(47-23-19-43(2)20-24-47)41-60(56)64(57)50-31-29-45(30-32-50)44-25-27-48(28-26-44)53-35-38-62-58(39-53)55-15-9-10-16-61(55)65(62)54-13-7-4-8-14-54/h3-45H,1-2H3;3-41H,1-2H3. The molecule has 0 bridgehead atoms. The minimum Gasteiger partial charge on any atom is -0.309 e. The second kappa shape index (κ2) is 34.8. The predicted octanol–water partition coefficient (Wildman–Crippen LogP) is 37.1. The Bertz CT molecular complexity index is 8840. The highest BCUT2D eigenvalue weighted by Crippen LogP contribution is 2.51. The number of hydrogen-bond donors (Lipinski definition) is 0. The molecule has 23 aromatic carbocycles. The molecule has 0 unspecified atom stereocenters. The SMILES string of the molecule is Cc1ccc(-c2ccc3c(-c4ccc(-c5ccc(-c6ccc7c(c6)c6ccccc6n7-c6ccccc6)cc5)cc4)c4cc(-c5ccc(C)cc5)ccc4c(-c4ccc(-c5ccccc5)cc4)c3c2)cc1.Cc1ccc(-c2ccc3c(-c4ccc(-c5ccc(-c6ccc7c(c6)c6ccccc6n7-c6ccccc6)cc5)cc4)c4cc(-c5ccc(C)cc5)ccc4c(-c4ccccc4)c3c2)cc1. The van der Waals surface area contributed by atoms with E-state index in [1.165, 1.54) is 265 Å². The zero-order chi connectivity index (χ0) is 90.9. The molecule has 0 saturated heterocycles. The lowest BCUT2D eigenvalue weighted by molar-refractivity contribution is 1.18. The maximum Gasteiger partial charge on any atom is 0.0541 e. The third-order valence-electron chi connectivity index (χ3n) is 27.9. The van der Waals surface area contributed by atoms with Crippen LogP contribution >= 0.6 is 0 Å². The maximum absolute atomic E-state index is 2.42. The third-order valence-corrected chi connectivity index (χ3v) is 27.9. The summed E-state index contributed by atoms with van der Waals surface area (Å²) in [5.41, 5.74) is 43.8. The fourth-order valence-corrected chi connectivity index (χ4v) is 20.9. The van der Waals surface area contributed by atoms with Gasteiger partial charge in [-0.2, -0.15) is 0 Å². The molecule has 0 aliphatic heterocycles. The van der Waals surface area contributed by atoms with Gasteiger partial charge in [0.2, 0.25) is 0 Å². The molecule has 0 fully saturated rings. The number of aromatic nitrogens is 2. The lowest BCUT2D eigenvalue weighted by atomic mass is 9.83. The van der Waals surface area contributed by atoms with Crippen LogP contribution in [0.4, 0.5) is 0 Å². The summed E-state index contributed by atoms with van der Waals surface area (Å²) in [4.78, 5) is 0. The third kappa shape index (κ3) is 15.2. The van der Waals surface area contributed by atoms with Crippen molar-refractivity contribution in [3.63, 3.8) is 0 Å². The van der Waals surface area contributed by atoms with E-state index in [0.29, 0.717) is 0 Å². The van der Waals surface area contributed by atoms with Crippen LogP contribution in [0.3, 0.4) is 0 Å². The van der Waals surface area contributed by atoms with Crippen LogP contribution in [0.2, 0.25) is 0 Å². The van der Waals surface area contributed by atoms with Crippen molar-refractivity contribution in [2.75, 3.05) is 0 Å². The van der Waals surface area contributed by atoms with E-state index in [1.807, 2.05) is 0 Å². The Balaban J connectivity index is 0.000000149. The van der Waals surface area contributed by atoms with E-state index in [0.717, 1.165) is 0 Å².